The Morgan fingerprint density at radius 1 is 0.964 bits per heavy atom. The number of piperidine rings is 2. The van der Waals surface area contributed by atoms with Gasteiger partial charge in [0.05, 0.1) is 5.92 Å². The molecule has 0 spiro atoms. The zero-order valence-corrected chi connectivity index (χ0v) is 17.7. The molecule has 28 heavy (non-hydrogen) atoms. The molecule has 0 bridgehead atoms. The first-order chi connectivity index (χ1) is 13.7. The molecule has 1 saturated carbocycles. The van der Waals surface area contributed by atoms with E-state index in [0.29, 0.717) is 5.91 Å². The first-order valence-corrected chi connectivity index (χ1v) is 11.8. The number of carbonyl (C=O) groups excluding carboxylic acids is 1. The van der Waals surface area contributed by atoms with Crippen LogP contribution in [-0.2, 0) is 11.2 Å². The average molecular weight is 383 g/mol. The highest BCUT2D eigenvalue weighted by molar-refractivity contribution is 5.79. The third kappa shape index (κ3) is 4.97. The van der Waals surface area contributed by atoms with Crippen molar-refractivity contribution in [2.45, 2.75) is 70.8 Å². The summed E-state index contributed by atoms with van der Waals surface area (Å²) in [6.45, 7) is 6.55. The van der Waals surface area contributed by atoms with Gasteiger partial charge in [0.15, 0.2) is 0 Å². The van der Waals surface area contributed by atoms with Gasteiger partial charge < -0.3 is 4.90 Å². The maximum absolute atomic E-state index is 13.2. The van der Waals surface area contributed by atoms with E-state index in [0.717, 1.165) is 56.8 Å². The molecular formula is C25H38N2O. The molecule has 2 saturated heterocycles. The minimum atomic E-state index is 0.247. The summed E-state index contributed by atoms with van der Waals surface area (Å²) in [4.78, 5) is 18.1. The second-order valence-corrected chi connectivity index (χ2v) is 9.72. The molecule has 0 radical (unpaired) electrons. The van der Waals surface area contributed by atoms with E-state index in [1.54, 1.807) is 0 Å². The molecular weight excluding hydrogens is 344 g/mol. The van der Waals surface area contributed by atoms with Crippen LogP contribution >= 0.6 is 0 Å². The Morgan fingerprint density at radius 3 is 2.50 bits per heavy atom. The molecule has 154 valence electrons. The van der Waals surface area contributed by atoms with E-state index in [9.17, 15) is 4.79 Å². The van der Waals surface area contributed by atoms with Crippen molar-refractivity contribution in [3.05, 3.63) is 35.9 Å². The van der Waals surface area contributed by atoms with Crippen molar-refractivity contribution < 1.29 is 4.79 Å². The maximum atomic E-state index is 13.2. The molecule has 2 aliphatic heterocycles. The van der Waals surface area contributed by atoms with Crippen LogP contribution in [0.2, 0.25) is 0 Å². The zero-order chi connectivity index (χ0) is 19.3. The Labute approximate surface area is 171 Å². The van der Waals surface area contributed by atoms with Crippen LogP contribution in [0.3, 0.4) is 0 Å². The number of benzene rings is 1. The highest BCUT2D eigenvalue weighted by Gasteiger charge is 2.34. The Kier molecular flexibility index (Phi) is 6.72. The van der Waals surface area contributed by atoms with Crippen LogP contribution in [0.5, 0.6) is 0 Å². The van der Waals surface area contributed by atoms with Crippen LogP contribution in [-0.4, -0.2) is 47.9 Å². The fourth-order valence-electron chi connectivity index (χ4n) is 5.84. The minimum Gasteiger partial charge on any atom is -0.342 e. The van der Waals surface area contributed by atoms with Crippen molar-refractivity contribution in [2.24, 2.45) is 17.8 Å². The lowest BCUT2D eigenvalue weighted by Gasteiger charge is -2.42. The number of amides is 1. The van der Waals surface area contributed by atoms with E-state index >= 15 is 0 Å². The molecule has 4 rings (SSSR count). The van der Waals surface area contributed by atoms with Gasteiger partial charge in [0.1, 0.15) is 0 Å². The van der Waals surface area contributed by atoms with E-state index in [4.69, 9.17) is 0 Å². The molecule has 3 aliphatic rings. The minimum absolute atomic E-state index is 0.247. The number of nitrogens with zero attached hydrogens (tertiary/aromatic N) is 2. The van der Waals surface area contributed by atoms with Crippen LogP contribution in [0.1, 0.15) is 63.9 Å². The number of likely N-dealkylation sites (tertiary alicyclic amines) is 2. The first-order valence-electron chi connectivity index (χ1n) is 11.8. The van der Waals surface area contributed by atoms with Crippen LogP contribution in [0.15, 0.2) is 30.3 Å². The number of hydrogen-bond donors (Lipinski definition) is 0. The Balaban J connectivity index is 1.26. The third-order valence-corrected chi connectivity index (χ3v) is 7.52. The number of carbonyl (C=O) groups is 1. The Morgan fingerprint density at radius 2 is 1.75 bits per heavy atom. The van der Waals surface area contributed by atoms with Crippen molar-refractivity contribution in [3.63, 3.8) is 0 Å². The summed E-state index contributed by atoms with van der Waals surface area (Å²) in [5.74, 6) is 2.29. The molecule has 3 heteroatoms. The van der Waals surface area contributed by atoms with Gasteiger partial charge in [-0.2, -0.15) is 0 Å². The molecule has 0 unspecified atom stereocenters. The Bertz CT molecular complexity index is 623. The highest BCUT2D eigenvalue weighted by atomic mass is 16.2. The van der Waals surface area contributed by atoms with Crippen molar-refractivity contribution >= 4 is 5.91 Å². The average Bonchev–Trinajstić information content (AvgIpc) is 2.75. The van der Waals surface area contributed by atoms with E-state index in [2.05, 4.69) is 47.1 Å². The summed E-state index contributed by atoms with van der Waals surface area (Å²) in [6.07, 6.45) is 11.2. The smallest absolute Gasteiger partial charge is 0.226 e. The molecule has 2 heterocycles. The van der Waals surface area contributed by atoms with Crippen molar-refractivity contribution in [3.8, 4) is 0 Å². The fourth-order valence-corrected chi connectivity index (χ4v) is 5.84. The summed E-state index contributed by atoms with van der Waals surface area (Å²) in [7, 11) is 0. The second-order valence-electron chi connectivity index (χ2n) is 9.72. The fraction of sp³-hybridized carbons (Fsp3) is 0.720. The van der Waals surface area contributed by atoms with Crippen molar-refractivity contribution in [1.29, 1.82) is 0 Å². The van der Waals surface area contributed by atoms with Gasteiger partial charge in [0, 0.05) is 25.7 Å². The van der Waals surface area contributed by atoms with Crippen molar-refractivity contribution in [1.82, 2.24) is 9.80 Å². The summed E-state index contributed by atoms with van der Waals surface area (Å²) < 4.78 is 0. The van der Waals surface area contributed by atoms with Crippen LogP contribution in [0.4, 0.5) is 0 Å². The quantitative estimate of drug-likeness (QED) is 0.750. The molecule has 1 aliphatic carbocycles. The van der Waals surface area contributed by atoms with Gasteiger partial charge in [-0.15, -0.1) is 0 Å². The highest BCUT2D eigenvalue weighted by Crippen LogP contribution is 2.31. The molecule has 3 fully saturated rings. The standard InChI is InChI=1S/C25H38N2O/c1-20-7-5-11-24(17-20)27-14-6-10-23(19-27)25(28)26-15-12-22(13-16-26)18-21-8-3-2-4-9-21/h2-4,8-9,20,22-24H,5-7,10-19H2,1H3/t20-,23-,24+/m0/s1. The van der Waals surface area contributed by atoms with E-state index < -0.39 is 0 Å². The van der Waals surface area contributed by atoms with Crippen LogP contribution < -0.4 is 0 Å². The van der Waals surface area contributed by atoms with Gasteiger partial charge in [-0.05, 0) is 68.9 Å². The lowest BCUT2D eigenvalue weighted by molar-refractivity contribution is -0.139. The monoisotopic (exact) mass is 382 g/mol. The van der Waals surface area contributed by atoms with Gasteiger partial charge >= 0.3 is 0 Å². The zero-order valence-electron chi connectivity index (χ0n) is 17.7. The maximum Gasteiger partial charge on any atom is 0.226 e. The summed E-state index contributed by atoms with van der Waals surface area (Å²) >= 11 is 0. The number of hydrogen-bond acceptors (Lipinski definition) is 2. The molecule has 1 aromatic rings. The van der Waals surface area contributed by atoms with Crippen molar-refractivity contribution in [2.75, 3.05) is 26.2 Å². The predicted molar refractivity (Wildman–Crippen MR) is 115 cm³/mol. The largest absolute Gasteiger partial charge is 0.342 e. The van der Waals surface area contributed by atoms with Gasteiger partial charge in [-0.25, -0.2) is 0 Å². The third-order valence-electron chi connectivity index (χ3n) is 7.52. The van der Waals surface area contributed by atoms with E-state index in [1.807, 2.05) is 0 Å². The summed E-state index contributed by atoms with van der Waals surface area (Å²) in [6, 6.07) is 11.6. The van der Waals surface area contributed by atoms with E-state index in [1.165, 1.54) is 50.6 Å². The second kappa shape index (κ2) is 9.43. The van der Waals surface area contributed by atoms with Gasteiger partial charge in [-0.1, -0.05) is 50.1 Å². The molecule has 1 aromatic carbocycles. The molecule has 0 aromatic heterocycles. The Hall–Kier alpha value is -1.35. The molecule has 3 nitrogen and oxygen atoms in total. The molecule has 1 amide bonds. The molecule has 3 atom stereocenters. The van der Waals surface area contributed by atoms with Crippen LogP contribution in [0.25, 0.3) is 0 Å². The normalized spacial score (nSPS) is 30.3. The summed E-state index contributed by atoms with van der Waals surface area (Å²) in [5, 5.41) is 0. The SMILES string of the molecule is C[C@H]1CCC[C@@H](N2CCC[C@H](C(=O)N3CCC(Cc4ccccc4)CC3)C2)C1. The lowest BCUT2D eigenvalue weighted by Crippen LogP contribution is -2.50. The predicted octanol–water partition coefficient (Wildman–Crippen LogP) is 4.76. The number of rotatable bonds is 4. The van der Waals surface area contributed by atoms with E-state index in [-0.39, 0.29) is 5.92 Å². The molecule has 0 N–H and O–H groups in total. The first kappa shape index (κ1) is 19.9. The van der Waals surface area contributed by atoms with Crippen LogP contribution in [0, 0.1) is 17.8 Å². The lowest BCUT2D eigenvalue weighted by atomic mass is 9.84. The topological polar surface area (TPSA) is 23.6 Å². The van der Waals surface area contributed by atoms with Gasteiger partial charge in [0.2, 0.25) is 5.91 Å². The summed E-state index contributed by atoms with van der Waals surface area (Å²) in [5.41, 5.74) is 1.44. The van der Waals surface area contributed by atoms with Gasteiger partial charge in [-0.3, -0.25) is 9.69 Å². The van der Waals surface area contributed by atoms with Gasteiger partial charge in [0.25, 0.3) is 0 Å².